The maximum atomic E-state index is 13.6. The lowest BCUT2D eigenvalue weighted by Gasteiger charge is -2.33. The number of pyridine rings is 1. The Balaban J connectivity index is 1.32. The number of nitrogens with zero attached hydrogens (tertiary/aromatic N) is 5. The number of aromatic nitrogens is 4. The van der Waals surface area contributed by atoms with Crippen LogP contribution in [0.5, 0.6) is 5.75 Å². The van der Waals surface area contributed by atoms with Crippen molar-refractivity contribution in [1.29, 1.82) is 0 Å². The van der Waals surface area contributed by atoms with Gasteiger partial charge in [-0.15, -0.1) is 11.8 Å². The van der Waals surface area contributed by atoms with E-state index in [-0.39, 0.29) is 30.5 Å². The molecule has 3 aromatic heterocycles. The topological polar surface area (TPSA) is 103 Å². The molecule has 1 saturated carbocycles. The number of nitrogens with one attached hydrogen (secondary N) is 1. The van der Waals surface area contributed by atoms with Crippen molar-refractivity contribution >= 4 is 40.3 Å². The lowest BCUT2D eigenvalue weighted by atomic mass is 9.83. The molecule has 2 atom stereocenters. The molecule has 1 aliphatic heterocycles. The predicted octanol–water partition coefficient (Wildman–Crippen LogP) is 4.87. The summed E-state index contributed by atoms with van der Waals surface area (Å²) in [6.07, 6.45) is 13.5. The second-order valence-electron chi connectivity index (χ2n) is 10.6. The SMILES string of the molecule is CSC1=CC(C)=NC(=O)C1CNC(=O)c1c(C)n([C@H](C)C2CCC(Oc3cnn(C)c3)CC2)c2ncccc12. The zero-order valence-electron chi connectivity index (χ0n) is 23.2. The van der Waals surface area contributed by atoms with E-state index in [9.17, 15) is 9.59 Å². The lowest BCUT2D eigenvalue weighted by molar-refractivity contribution is -0.120. The van der Waals surface area contributed by atoms with Gasteiger partial charge in [0, 0.05) is 47.5 Å². The number of amides is 2. The van der Waals surface area contributed by atoms with Crippen molar-refractivity contribution in [2.24, 2.45) is 23.9 Å². The first-order valence-corrected chi connectivity index (χ1v) is 14.7. The molecule has 2 aliphatic rings. The number of carbonyl (C=O) groups excluding carboxylic acids is 2. The molecule has 9 nitrogen and oxygen atoms in total. The maximum absolute atomic E-state index is 13.6. The molecule has 10 heteroatoms. The first-order valence-electron chi connectivity index (χ1n) is 13.5. The molecule has 0 bridgehead atoms. The molecule has 0 saturated heterocycles. The van der Waals surface area contributed by atoms with Crippen LogP contribution in [-0.4, -0.2) is 55.8 Å². The third-order valence-electron chi connectivity index (χ3n) is 8.01. The Bertz CT molecular complexity index is 1450. The number of fused-ring (bicyclic) bond motifs is 1. The van der Waals surface area contributed by atoms with E-state index in [1.807, 2.05) is 51.6 Å². The quantitative estimate of drug-likeness (QED) is 0.431. The fraction of sp³-hybridized carbons (Fsp3) is 0.483. The zero-order chi connectivity index (χ0) is 27.7. The van der Waals surface area contributed by atoms with Crippen molar-refractivity contribution in [3.05, 3.63) is 53.0 Å². The maximum Gasteiger partial charge on any atom is 0.255 e. The van der Waals surface area contributed by atoms with Crippen LogP contribution in [0.2, 0.25) is 0 Å². The highest BCUT2D eigenvalue weighted by molar-refractivity contribution is 8.02. The smallest absolute Gasteiger partial charge is 0.255 e. The van der Waals surface area contributed by atoms with E-state index in [1.54, 1.807) is 17.1 Å². The van der Waals surface area contributed by atoms with Gasteiger partial charge in [0.05, 0.1) is 30.0 Å². The van der Waals surface area contributed by atoms with Crippen molar-refractivity contribution in [3.63, 3.8) is 0 Å². The van der Waals surface area contributed by atoms with Gasteiger partial charge in [-0.25, -0.2) is 9.98 Å². The standard InChI is InChI=1S/C29H36N6O3S/c1-17-13-25(39-5)24(28(36)33-17)15-31-29(37)26-19(3)35(27-23(26)7-6-12-30-27)18(2)20-8-10-21(11-9-20)38-22-14-32-34(4)16-22/h6-7,12-14,16,18,20-21,24H,8-11,15H2,1-5H3,(H,31,37)/t18-,20?,21?,24?/m1/s1. The number of rotatable bonds is 8. The molecule has 1 N–H and O–H groups in total. The summed E-state index contributed by atoms with van der Waals surface area (Å²) < 4.78 is 10.1. The Morgan fingerprint density at radius 2 is 2.03 bits per heavy atom. The van der Waals surface area contributed by atoms with Gasteiger partial charge >= 0.3 is 0 Å². The highest BCUT2D eigenvalue weighted by Gasteiger charge is 2.32. The Hall–Kier alpha value is -3.40. The van der Waals surface area contributed by atoms with Crippen LogP contribution in [0.25, 0.3) is 11.0 Å². The summed E-state index contributed by atoms with van der Waals surface area (Å²) in [5.74, 6) is 0.406. The summed E-state index contributed by atoms with van der Waals surface area (Å²) in [7, 11) is 1.89. The van der Waals surface area contributed by atoms with Gasteiger partial charge in [0.15, 0.2) is 5.75 Å². The Labute approximate surface area is 233 Å². The Kier molecular flexibility index (Phi) is 7.93. The zero-order valence-corrected chi connectivity index (χ0v) is 24.0. The number of hydrogen-bond acceptors (Lipinski definition) is 6. The number of thioether (sulfide) groups is 1. The van der Waals surface area contributed by atoms with Gasteiger partial charge in [-0.3, -0.25) is 14.3 Å². The fourth-order valence-electron chi connectivity index (χ4n) is 5.98. The minimum absolute atomic E-state index is 0.173. The van der Waals surface area contributed by atoms with Crippen molar-refractivity contribution in [1.82, 2.24) is 24.6 Å². The van der Waals surface area contributed by atoms with E-state index >= 15 is 0 Å². The van der Waals surface area contributed by atoms with Gasteiger partial charge < -0.3 is 14.6 Å². The van der Waals surface area contributed by atoms with Gasteiger partial charge in [0.2, 0.25) is 0 Å². The number of aliphatic imine (C=N–C) groups is 1. The van der Waals surface area contributed by atoms with Gasteiger partial charge in [-0.1, -0.05) is 0 Å². The van der Waals surface area contributed by atoms with Crippen molar-refractivity contribution < 1.29 is 14.3 Å². The normalized spacial score (nSPS) is 22.4. The molecular formula is C29H36N6O3S. The van der Waals surface area contributed by atoms with Crippen LogP contribution in [-0.2, 0) is 11.8 Å². The van der Waals surface area contributed by atoms with Crippen molar-refractivity contribution in [3.8, 4) is 5.75 Å². The predicted molar refractivity (Wildman–Crippen MR) is 154 cm³/mol. The van der Waals surface area contributed by atoms with Crippen molar-refractivity contribution in [2.75, 3.05) is 12.8 Å². The highest BCUT2D eigenvalue weighted by Crippen LogP contribution is 2.38. The molecule has 0 aromatic carbocycles. The highest BCUT2D eigenvalue weighted by atomic mass is 32.2. The Morgan fingerprint density at radius 1 is 1.26 bits per heavy atom. The van der Waals surface area contributed by atoms with E-state index < -0.39 is 5.92 Å². The van der Waals surface area contributed by atoms with Gasteiger partial charge in [-0.05, 0) is 76.8 Å². The average Bonchev–Trinajstić information content (AvgIpc) is 3.46. The summed E-state index contributed by atoms with van der Waals surface area (Å²) in [6.45, 7) is 6.25. The summed E-state index contributed by atoms with van der Waals surface area (Å²) in [4.78, 5) is 35.9. The molecule has 0 spiro atoms. The first kappa shape index (κ1) is 27.2. The summed E-state index contributed by atoms with van der Waals surface area (Å²) >= 11 is 1.52. The first-order chi connectivity index (χ1) is 18.8. The lowest BCUT2D eigenvalue weighted by Crippen LogP contribution is -2.35. The second kappa shape index (κ2) is 11.4. The van der Waals surface area contributed by atoms with E-state index in [2.05, 4.69) is 26.9 Å². The van der Waals surface area contributed by atoms with Gasteiger partial charge in [0.1, 0.15) is 5.65 Å². The van der Waals surface area contributed by atoms with Gasteiger partial charge in [0.25, 0.3) is 11.8 Å². The van der Waals surface area contributed by atoms with E-state index in [0.29, 0.717) is 17.2 Å². The van der Waals surface area contributed by atoms with Crippen LogP contribution < -0.4 is 10.1 Å². The van der Waals surface area contributed by atoms with Crippen LogP contribution >= 0.6 is 11.8 Å². The van der Waals surface area contributed by atoms with Crippen molar-refractivity contribution in [2.45, 2.75) is 58.6 Å². The van der Waals surface area contributed by atoms with E-state index in [0.717, 1.165) is 53.1 Å². The minimum atomic E-state index is -0.456. The summed E-state index contributed by atoms with van der Waals surface area (Å²) in [5, 5.41) is 8.05. The third kappa shape index (κ3) is 5.52. The largest absolute Gasteiger partial charge is 0.487 e. The Morgan fingerprint density at radius 3 is 2.72 bits per heavy atom. The molecule has 1 aliphatic carbocycles. The molecular weight excluding hydrogens is 512 g/mol. The second-order valence-corrected chi connectivity index (χ2v) is 11.4. The molecule has 1 unspecified atom stereocenters. The number of carbonyl (C=O) groups is 2. The summed E-state index contributed by atoms with van der Waals surface area (Å²) in [5.41, 5.74) is 3.03. The molecule has 3 aromatic rings. The molecule has 206 valence electrons. The molecule has 5 rings (SSSR count). The van der Waals surface area contributed by atoms with Crippen LogP contribution in [0.3, 0.4) is 0 Å². The fourth-order valence-corrected chi connectivity index (χ4v) is 6.74. The summed E-state index contributed by atoms with van der Waals surface area (Å²) in [6, 6.07) is 4.00. The number of hydrogen-bond donors (Lipinski definition) is 1. The number of dihydropyridines is 1. The van der Waals surface area contributed by atoms with Crippen LogP contribution in [0.15, 0.2) is 46.7 Å². The monoisotopic (exact) mass is 548 g/mol. The van der Waals surface area contributed by atoms with Crippen LogP contribution in [0.4, 0.5) is 0 Å². The molecule has 4 heterocycles. The van der Waals surface area contributed by atoms with E-state index in [4.69, 9.17) is 9.72 Å². The van der Waals surface area contributed by atoms with Crippen LogP contribution in [0, 0.1) is 18.8 Å². The molecule has 0 radical (unpaired) electrons. The van der Waals surface area contributed by atoms with Gasteiger partial charge in [-0.2, -0.15) is 5.10 Å². The number of allylic oxidation sites excluding steroid dienone is 1. The molecule has 1 fully saturated rings. The minimum Gasteiger partial charge on any atom is -0.487 e. The van der Waals surface area contributed by atoms with Crippen LogP contribution in [0.1, 0.15) is 61.6 Å². The molecule has 2 amide bonds. The average molecular weight is 549 g/mol. The van der Waals surface area contributed by atoms with E-state index in [1.165, 1.54) is 11.8 Å². The number of ether oxygens (including phenoxy) is 1. The number of aryl methyl sites for hydroxylation is 1. The third-order valence-corrected chi connectivity index (χ3v) is 8.88. The molecule has 39 heavy (non-hydrogen) atoms.